The summed E-state index contributed by atoms with van der Waals surface area (Å²) < 4.78 is 9.80. The Morgan fingerprint density at radius 2 is 2.05 bits per heavy atom. The summed E-state index contributed by atoms with van der Waals surface area (Å²) in [6, 6.07) is 9.81. The van der Waals surface area contributed by atoms with E-state index in [9.17, 15) is 4.79 Å². The number of hydrogen-bond acceptors (Lipinski definition) is 6. The Hall–Kier alpha value is -2.21. The summed E-state index contributed by atoms with van der Waals surface area (Å²) in [6.45, 7) is 6.44. The van der Waals surface area contributed by atoms with E-state index in [-0.39, 0.29) is 12.4 Å². The normalized spacial score (nSPS) is 13.6. The second-order valence-electron chi connectivity index (χ2n) is 5.33. The van der Waals surface area contributed by atoms with Crippen LogP contribution in [0.1, 0.15) is 37.2 Å². The molecule has 118 valence electrons. The monoisotopic (exact) mass is 303 g/mol. The molecule has 22 heavy (non-hydrogen) atoms. The van der Waals surface area contributed by atoms with E-state index in [2.05, 4.69) is 15.6 Å². The first-order valence-corrected chi connectivity index (χ1v) is 7.29. The number of nitrogens with zero attached hydrogens (tertiary/aromatic N) is 2. The van der Waals surface area contributed by atoms with Gasteiger partial charge in [-0.1, -0.05) is 40.6 Å². The number of nitrogens with one attached hydrogen (secondary N) is 1. The van der Waals surface area contributed by atoms with Crippen molar-refractivity contribution >= 4 is 5.97 Å². The van der Waals surface area contributed by atoms with Crippen LogP contribution in [0.2, 0.25) is 0 Å². The van der Waals surface area contributed by atoms with E-state index < -0.39 is 5.54 Å². The van der Waals surface area contributed by atoms with Gasteiger partial charge in [0, 0.05) is 6.54 Å². The fraction of sp³-hybridized carbons (Fsp3) is 0.438. The van der Waals surface area contributed by atoms with Crippen molar-refractivity contribution in [1.29, 1.82) is 0 Å². The molecular formula is C16H21N3O3. The summed E-state index contributed by atoms with van der Waals surface area (Å²) in [6.07, 6.45) is 0.231. The van der Waals surface area contributed by atoms with Crippen LogP contribution in [0.5, 0.6) is 0 Å². The molecule has 0 aliphatic heterocycles. The molecule has 2 aromatic rings. The number of ether oxygens (including phenoxy) is 1. The van der Waals surface area contributed by atoms with Crippen LogP contribution in [-0.4, -0.2) is 22.9 Å². The van der Waals surface area contributed by atoms with Gasteiger partial charge in [0.05, 0.1) is 18.6 Å². The van der Waals surface area contributed by atoms with Gasteiger partial charge >= 0.3 is 5.97 Å². The molecule has 0 aliphatic rings. The lowest BCUT2D eigenvalue weighted by Gasteiger charge is -2.30. The second-order valence-corrected chi connectivity index (χ2v) is 5.33. The number of hydrogen-bond donors (Lipinski definition) is 1. The number of carbonyl (C=O) groups excluding carboxylic acids is 1. The van der Waals surface area contributed by atoms with Gasteiger partial charge < -0.3 is 10.1 Å². The molecule has 1 N–H and O–H groups in total. The van der Waals surface area contributed by atoms with Crippen LogP contribution in [0.15, 0.2) is 35.0 Å². The van der Waals surface area contributed by atoms with E-state index in [4.69, 9.17) is 9.37 Å². The number of aromatic nitrogens is 2. The van der Waals surface area contributed by atoms with E-state index in [0.717, 1.165) is 17.0 Å². The molecule has 2 rings (SSSR count). The Bertz CT molecular complexity index is 612. The molecule has 0 amide bonds. The van der Waals surface area contributed by atoms with Crippen LogP contribution in [0.3, 0.4) is 0 Å². The van der Waals surface area contributed by atoms with Crippen LogP contribution in [0.4, 0.5) is 0 Å². The van der Waals surface area contributed by atoms with Crippen molar-refractivity contribution in [2.75, 3.05) is 6.61 Å². The van der Waals surface area contributed by atoms with Gasteiger partial charge in [-0.05, 0) is 26.3 Å². The van der Waals surface area contributed by atoms with Crippen LogP contribution in [-0.2, 0) is 21.6 Å². The van der Waals surface area contributed by atoms with Gasteiger partial charge in [0.15, 0.2) is 0 Å². The van der Waals surface area contributed by atoms with Crippen LogP contribution in [0, 0.1) is 6.92 Å². The van der Waals surface area contributed by atoms with E-state index >= 15 is 0 Å². The van der Waals surface area contributed by atoms with Gasteiger partial charge in [0.1, 0.15) is 11.4 Å². The zero-order chi connectivity index (χ0) is 16.0. The minimum atomic E-state index is -0.557. The second kappa shape index (κ2) is 7.17. The summed E-state index contributed by atoms with van der Waals surface area (Å²) in [5.41, 5.74) is 1.92. The first kappa shape index (κ1) is 16.2. The summed E-state index contributed by atoms with van der Waals surface area (Å²) >= 11 is 0. The van der Waals surface area contributed by atoms with Gasteiger partial charge in [-0.15, -0.1) is 0 Å². The fourth-order valence-corrected chi connectivity index (χ4v) is 2.26. The van der Waals surface area contributed by atoms with Gasteiger partial charge in [-0.2, -0.15) is 0 Å². The topological polar surface area (TPSA) is 77.2 Å². The lowest BCUT2D eigenvalue weighted by Crippen LogP contribution is -2.41. The highest BCUT2D eigenvalue weighted by molar-refractivity contribution is 5.71. The van der Waals surface area contributed by atoms with Crippen LogP contribution < -0.4 is 5.32 Å². The highest BCUT2D eigenvalue weighted by Gasteiger charge is 2.30. The maximum absolute atomic E-state index is 12.0. The molecule has 0 aliphatic carbocycles. The molecule has 0 radical (unpaired) electrons. The minimum absolute atomic E-state index is 0.231. The van der Waals surface area contributed by atoms with Crippen LogP contribution in [0.25, 0.3) is 0 Å². The molecule has 0 saturated heterocycles. The minimum Gasteiger partial charge on any atom is -0.466 e. The Kier molecular flexibility index (Phi) is 5.27. The quantitative estimate of drug-likeness (QED) is 0.791. The average Bonchev–Trinajstić information content (AvgIpc) is 2.92. The van der Waals surface area contributed by atoms with E-state index in [1.807, 2.05) is 44.2 Å². The molecule has 0 fully saturated rings. The summed E-state index contributed by atoms with van der Waals surface area (Å²) in [7, 11) is 0. The Morgan fingerprint density at radius 3 is 2.64 bits per heavy atom. The third-order valence-corrected chi connectivity index (χ3v) is 3.61. The van der Waals surface area contributed by atoms with Crippen molar-refractivity contribution in [3.05, 3.63) is 47.3 Å². The van der Waals surface area contributed by atoms with E-state index in [0.29, 0.717) is 13.2 Å². The summed E-state index contributed by atoms with van der Waals surface area (Å²) in [4.78, 5) is 12.0. The Labute approximate surface area is 129 Å². The fourth-order valence-electron chi connectivity index (χ4n) is 2.26. The molecule has 1 atom stereocenters. The summed E-state index contributed by atoms with van der Waals surface area (Å²) in [5, 5.41) is 11.0. The maximum Gasteiger partial charge on any atom is 0.307 e. The SMILES string of the molecule is CCOC(=O)C[C@@](C)(NCc1nonc1C)c1ccccc1. The predicted octanol–water partition coefficient (Wildman–Crippen LogP) is 2.34. The molecule has 0 saturated carbocycles. The molecule has 1 aromatic heterocycles. The molecule has 0 spiro atoms. The molecule has 1 aromatic carbocycles. The van der Waals surface area contributed by atoms with E-state index in [1.165, 1.54) is 0 Å². The van der Waals surface area contributed by atoms with Crippen molar-refractivity contribution in [2.24, 2.45) is 0 Å². The summed E-state index contributed by atoms with van der Waals surface area (Å²) in [5.74, 6) is -0.239. The molecule has 1 heterocycles. The van der Waals surface area contributed by atoms with Crippen molar-refractivity contribution in [1.82, 2.24) is 15.6 Å². The van der Waals surface area contributed by atoms with Crippen molar-refractivity contribution in [3.8, 4) is 0 Å². The van der Waals surface area contributed by atoms with Gasteiger partial charge in [-0.3, -0.25) is 4.79 Å². The average molecular weight is 303 g/mol. The lowest BCUT2D eigenvalue weighted by atomic mass is 9.88. The van der Waals surface area contributed by atoms with Crippen LogP contribution >= 0.6 is 0 Å². The van der Waals surface area contributed by atoms with Crippen molar-refractivity contribution in [3.63, 3.8) is 0 Å². The third-order valence-electron chi connectivity index (χ3n) is 3.61. The Balaban J connectivity index is 2.17. The number of aryl methyl sites for hydroxylation is 1. The van der Waals surface area contributed by atoms with Gasteiger partial charge in [-0.25, -0.2) is 4.63 Å². The van der Waals surface area contributed by atoms with Crippen molar-refractivity contribution in [2.45, 2.75) is 39.3 Å². The zero-order valence-corrected chi connectivity index (χ0v) is 13.1. The lowest BCUT2D eigenvalue weighted by molar-refractivity contribution is -0.144. The largest absolute Gasteiger partial charge is 0.466 e. The first-order valence-electron chi connectivity index (χ1n) is 7.29. The molecular weight excluding hydrogens is 282 g/mol. The van der Waals surface area contributed by atoms with Crippen molar-refractivity contribution < 1.29 is 14.2 Å². The first-order chi connectivity index (χ1) is 10.5. The maximum atomic E-state index is 12.0. The van der Waals surface area contributed by atoms with E-state index in [1.54, 1.807) is 6.92 Å². The highest BCUT2D eigenvalue weighted by Crippen LogP contribution is 2.25. The highest BCUT2D eigenvalue weighted by atomic mass is 16.6. The third kappa shape index (κ3) is 3.92. The predicted molar refractivity (Wildman–Crippen MR) is 80.9 cm³/mol. The molecule has 6 nitrogen and oxygen atoms in total. The standard InChI is InChI=1S/C16H21N3O3/c1-4-21-15(20)10-16(3,13-8-6-5-7-9-13)17-11-14-12(2)18-22-19-14/h5-9,17H,4,10-11H2,1-3H3/t16-/m1/s1. The molecule has 0 bridgehead atoms. The molecule has 6 heteroatoms. The Morgan fingerprint density at radius 1 is 1.32 bits per heavy atom. The van der Waals surface area contributed by atoms with Gasteiger partial charge in [0.2, 0.25) is 0 Å². The van der Waals surface area contributed by atoms with Gasteiger partial charge in [0.25, 0.3) is 0 Å². The smallest absolute Gasteiger partial charge is 0.307 e. The number of benzene rings is 1. The molecule has 0 unspecified atom stereocenters. The number of esters is 1. The zero-order valence-electron chi connectivity index (χ0n) is 13.1. The number of carbonyl (C=O) groups is 1. The number of rotatable bonds is 7.